The zero-order valence-corrected chi connectivity index (χ0v) is 15.0. The van der Waals surface area contributed by atoms with Crippen molar-refractivity contribution in [3.05, 3.63) is 23.8 Å². The minimum absolute atomic E-state index is 0.0678. The zero-order chi connectivity index (χ0) is 18.6. The minimum Gasteiger partial charge on any atom is -0.495 e. The lowest BCUT2D eigenvalue weighted by Crippen LogP contribution is -2.40. The lowest BCUT2D eigenvalue weighted by molar-refractivity contribution is -0.139. The predicted octanol–water partition coefficient (Wildman–Crippen LogP) is 1.07. The topological polar surface area (TPSA) is 113 Å². The van der Waals surface area contributed by atoms with Crippen LogP contribution in [0.5, 0.6) is 5.75 Å². The molecule has 2 N–H and O–H groups in total. The Morgan fingerprint density at radius 3 is 2.48 bits per heavy atom. The van der Waals surface area contributed by atoms with Gasteiger partial charge in [-0.15, -0.1) is 0 Å². The second-order valence-electron chi connectivity index (χ2n) is 5.75. The number of carbonyl (C=O) groups excluding carboxylic acids is 1. The van der Waals surface area contributed by atoms with Gasteiger partial charge in [0.25, 0.3) is 5.91 Å². The standard InChI is InChI=1S/C16H22N2O6S/c1-3-12(16(20)21)17-15(19)11-6-7-13(24-2)14(10-11)25(22,23)18-8-4-5-9-18/h6-7,10,12H,3-5,8-9H2,1-2H3,(H,17,19)(H,20,21). The Balaban J connectivity index is 2.36. The maximum Gasteiger partial charge on any atom is 0.326 e. The third kappa shape index (κ3) is 4.10. The first kappa shape index (κ1) is 19.2. The maximum absolute atomic E-state index is 12.8. The average Bonchev–Trinajstić information content (AvgIpc) is 3.14. The summed E-state index contributed by atoms with van der Waals surface area (Å²) in [6.45, 7) is 2.49. The van der Waals surface area contributed by atoms with Crippen LogP contribution in [0.4, 0.5) is 0 Å². The van der Waals surface area contributed by atoms with Crippen molar-refractivity contribution in [3.63, 3.8) is 0 Å². The molecule has 9 heteroatoms. The van der Waals surface area contributed by atoms with Crippen LogP contribution in [0.25, 0.3) is 0 Å². The van der Waals surface area contributed by atoms with Gasteiger partial charge in [0.15, 0.2) is 0 Å². The third-order valence-corrected chi connectivity index (χ3v) is 6.04. The third-order valence-electron chi connectivity index (χ3n) is 4.12. The molecular formula is C16H22N2O6S. The molecule has 1 fully saturated rings. The number of sulfonamides is 1. The number of methoxy groups -OCH3 is 1. The molecule has 0 aliphatic carbocycles. The van der Waals surface area contributed by atoms with E-state index in [1.54, 1.807) is 6.92 Å². The Labute approximate surface area is 146 Å². The van der Waals surface area contributed by atoms with Crippen LogP contribution in [0.2, 0.25) is 0 Å². The number of nitrogens with one attached hydrogen (secondary N) is 1. The second kappa shape index (κ2) is 7.83. The highest BCUT2D eigenvalue weighted by atomic mass is 32.2. The number of carboxylic acids is 1. The van der Waals surface area contributed by atoms with Crippen LogP contribution in [0.3, 0.4) is 0 Å². The lowest BCUT2D eigenvalue weighted by atomic mass is 10.1. The fraction of sp³-hybridized carbons (Fsp3) is 0.500. The van der Waals surface area contributed by atoms with Gasteiger partial charge in [-0.05, 0) is 37.5 Å². The van der Waals surface area contributed by atoms with Crippen LogP contribution >= 0.6 is 0 Å². The Hall–Kier alpha value is -2.13. The van der Waals surface area contributed by atoms with Gasteiger partial charge in [0.05, 0.1) is 7.11 Å². The summed E-state index contributed by atoms with van der Waals surface area (Å²) in [6, 6.07) is 3.01. The van der Waals surface area contributed by atoms with Crippen LogP contribution in [0.15, 0.2) is 23.1 Å². The summed E-state index contributed by atoms with van der Waals surface area (Å²) in [4.78, 5) is 23.3. The quantitative estimate of drug-likeness (QED) is 0.742. The number of hydrogen-bond donors (Lipinski definition) is 2. The van der Waals surface area contributed by atoms with Crippen LogP contribution in [-0.2, 0) is 14.8 Å². The maximum atomic E-state index is 12.8. The predicted molar refractivity (Wildman–Crippen MR) is 90.2 cm³/mol. The Bertz CT molecular complexity index is 756. The molecule has 1 aliphatic rings. The minimum atomic E-state index is -3.78. The summed E-state index contributed by atoms with van der Waals surface area (Å²) in [6.07, 6.45) is 1.80. The smallest absolute Gasteiger partial charge is 0.326 e. The number of hydrogen-bond acceptors (Lipinski definition) is 5. The number of carboxylic acid groups (broad SMARTS) is 1. The van der Waals surface area contributed by atoms with E-state index in [1.165, 1.54) is 29.6 Å². The van der Waals surface area contributed by atoms with Crippen LogP contribution < -0.4 is 10.1 Å². The monoisotopic (exact) mass is 370 g/mol. The highest BCUT2D eigenvalue weighted by Gasteiger charge is 2.31. The number of nitrogens with zero attached hydrogens (tertiary/aromatic N) is 1. The molecule has 1 aromatic rings. The number of benzene rings is 1. The van der Waals surface area contributed by atoms with Crippen LogP contribution in [0, 0.1) is 0 Å². The second-order valence-corrected chi connectivity index (χ2v) is 7.66. The van der Waals surface area contributed by atoms with Crippen molar-refractivity contribution in [1.29, 1.82) is 0 Å². The molecule has 1 aliphatic heterocycles. The van der Waals surface area contributed by atoms with Gasteiger partial charge in [-0.3, -0.25) is 4.79 Å². The molecule has 8 nitrogen and oxygen atoms in total. The van der Waals surface area contributed by atoms with E-state index in [4.69, 9.17) is 9.84 Å². The molecule has 1 unspecified atom stereocenters. The highest BCUT2D eigenvalue weighted by Crippen LogP contribution is 2.29. The Morgan fingerprint density at radius 2 is 1.96 bits per heavy atom. The molecular weight excluding hydrogens is 348 g/mol. The molecule has 1 heterocycles. The van der Waals surface area contributed by atoms with E-state index in [1.807, 2.05) is 0 Å². The molecule has 0 spiro atoms. The first-order valence-electron chi connectivity index (χ1n) is 8.03. The molecule has 2 rings (SSSR count). The van der Waals surface area contributed by atoms with Crippen molar-refractivity contribution in [1.82, 2.24) is 9.62 Å². The SMILES string of the molecule is CCC(NC(=O)c1ccc(OC)c(S(=O)(=O)N2CCCC2)c1)C(=O)O. The highest BCUT2D eigenvalue weighted by molar-refractivity contribution is 7.89. The molecule has 1 atom stereocenters. The van der Waals surface area contributed by atoms with Crippen LogP contribution in [0.1, 0.15) is 36.5 Å². The van der Waals surface area contributed by atoms with Gasteiger partial charge in [-0.1, -0.05) is 6.92 Å². The van der Waals surface area contributed by atoms with Crippen molar-refractivity contribution in [2.45, 2.75) is 37.1 Å². The largest absolute Gasteiger partial charge is 0.495 e. The van der Waals surface area contributed by atoms with E-state index in [0.717, 1.165) is 12.8 Å². The van der Waals surface area contributed by atoms with Crippen molar-refractivity contribution >= 4 is 21.9 Å². The van der Waals surface area contributed by atoms with E-state index in [0.29, 0.717) is 13.1 Å². The summed E-state index contributed by atoms with van der Waals surface area (Å²) >= 11 is 0. The molecule has 25 heavy (non-hydrogen) atoms. The van der Waals surface area contributed by atoms with Gasteiger partial charge in [-0.25, -0.2) is 13.2 Å². The van der Waals surface area contributed by atoms with Crippen molar-refractivity contribution in [2.75, 3.05) is 20.2 Å². The average molecular weight is 370 g/mol. The fourth-order valence-electron chi connectivity index (χ4n) is 2.67. The summed E-state index contributed by atoms with van der Waals surface area (Å²) < 4.78 is 32.1. The van der Waals surface area contributed by atoms with Crippen LogP contribution in [-0.4, -0.2) is 55.9 Å². The Kier molecular flexibility index (Phi) is 6.02. The van der Waals surface area contributed by atoms with E-state index >= 15 is 0 Å². The van der Waals surface area contributed by atoms with Gasteiger partial charge in [-0.2, -0.15) is 4.31 Å². The van der Waals surface area contributed by atoms with Gasteiger partial charge >= 0.3 is 5.97 Å². The zero-order valence-electron chi connectivity index (χ0n) is 14.2. The number of rotatable bonds is 7. The van der Waals surface area contributed by atoms with Gasteiger partial charge in [0.2, 0.25) is 10.0 Å². The molecule has 1 saturated heterocycles. The first-order chi connectivity index (χ1) is 11.8. The van der Waals surface area contributed by atoms with Crippen molar-refractivity contribution in [3.8, 4) is 5.75 Å². The van der Waals surface area contributed by atoms with Gasteiger partial charge < -0.3 is 15.2 Å². The van der Waals surface area contributed by atoms with E-state index < -0.39 is 27.9 Å². The summed E-state index contributed by atoms with van der Waals surface area (Å²) in [5.41, 5.74) is 0.0678. The van der Waals surface area contributed by atoms with E-state index in [2.05, 4.69) is 5.32 Å². The number of amides is 1. The van der Waals surface area contributed by atoms with Crippen molar-refractivity contribution < 1.29 is 27.9 Å². The molecule has 1 amide bonds. The molecule has 0 aromatic heterocycles. The van der Waals surface area contributed by atoms with E-state index in [9.17, 15) is 18.0 Å². The number of ether oxygens (including phenoxy) is 1. The summed E-state index contributed by atoms with van der Waals surface area (Å²) in [7, 11) is -2.42. The summed E-state index contributed by atoms with van der Waals surface area (Å²) in [5, 5.41) is 11.4. The molecule has 0 radical (unpaired) electrons. The molecule has 138 valence electrons. The van der Waals surface area contributed by atoms with E-state index in [-0.39, 0.29) is 22.6 Å². The number of carbonyl (C=O) groups is 2. The molecule has 1 aromatic carbocycles. The fourth-order valence-corrected chi connectivity index (χ4v) is 4.37. The Morgan fingerprint density at radius 1 is 1.32 bits per heavy atom. The summed E-state index contributed by atoms with van der Waals surface area (Å²) in [5.74, 6) is -1.64. The lowest BCUT2D eigenvalue weighted by Gasteiger charge is -2.18. The molecule has 0 bridgehead atoms. The van der Waals surface area contributed by atoms with Gasteiger partial charge in [0.1, 0.15) is 16.7 Å². The number of aliphatic carboxylic acids is 1. The first-order valence-corrected chi connectivity index (χ1v) is 9.47. The van der Waals surface area contributed by atoms with Gasteiger partial charge in [0, 0.05) is 18.7 Å². The van der Waals surface area contributed by atoms with Crippen molar-refractivity contribution in [2.24, 2.45) is 0 Å². The normalized spacial score (nSPS) is 16.4. The molecule has 0 saturated carbocycles.